The second-order valence-electron chi connectivity index (χ2n) is 6.31. The van der Waals surface area contributed by atoms with Crippen molar-refractivity contribution in [2.24, 2.45) is 7.05 Å². The Labute approximate surface area is 187 Å². The van der Waals surface area contributed by atoms with E-state index in [-0.39, 0.29) is 18.3 Å². The summed E-state index contributed by atoms with van der Waals surface area (Å²) in [6.45, 7) is 0.778. The molecule has 152 valence electrons. The Morgan fingerprint density at radius 2 is 1.93 bits per heavy atom. The average molecular weight is 496 g/mol. The maximum atomic E-state index is 12.5. The van der Waals surface area contributed by atoms with Crippen molar-refractivity contribution in [1.29, 1.82) is 0 Å². The fraction of sp³-hybridized carbons (Fsp3) is 0.250. The first-order valence-corrected chi connectivity index (χ1v) is 11.0. The number of carbonyl (C=O) groups is 1. The molecule has 29 heavy (non-hydrogen) atoms. The van der Waals surface area contributed by atoms with Crippen LogP contribution in [0.1, 0.15) is 11.4 Å². The lowest BCUT2D eigenvalue weighted by Gasteiger charge is -2.17. The van der Waals surface area contributed by atoms with Gasteiger partial charge in [0.25, 0.3) is 0 Å². The Hall–Kier alpha value is -2.03. The van der Waals surface area contributed by atoms with Crippen LogP contribution in [0, 0.1) is 0 Å². The number of hydrogen-bond acceptors (Lipinski definition) is 5. The van der Waals surface area contributed by atoms with Gasteiger partial charge in [-0.3, -0.25) is 4.79 Å². The Morgan fingerprint density at radius 3 is 2.69 bits per heavy atom. The lowest BCUT2D eigenvalue weighted by atomic mass is 10.2. The zero-order chi connectivity index (χ0) is 20.8. The van der Waals surface area contributed by atoms with E-state index in [1.807, 2.05) is 48.0 Å². The van der Waals surface area contributed by atoms with E-state index in [1.54, 1.807) is 24.1 Å². The predicted octanol–water partition coefficient (Wildman–Crippen LogP) is 4.56. The molecule has 1 amide bonds. The molecular formula is C20H20BrClN4O2S. The molecular weight excluding hydrogens is 476 g/mol. The van der Waals surface area contributed by atoms with E-state index < -0.39 is 0 Å². The van der Waals surface area contributed by atoms with Crippen molar-refractivity contribution in [2.75, 3.05) is 12.8 Å². The molecule has 0 N–H and O–H groups in total. The topological polar surface area (TPSA) is 60.3 Å². The number of aromatic nitrogens is 3. The van der Waals surface area contributed by atoms with Gasteiger partial charge >= 0.3 is 0 Å². The highest BCUT2D eigenvalue weighted by Crippen LogP contribution is 2.24. The molecule has 2 aromatic carbocycles. The van der Waals surface area contributed by atoms with Crippen molar-refractivity contribution in [3.05, 3.63) is 69.4 Å². The first-order valence-electron chi connectivity index (χ1n) is 8.81. The normalized spacial score (nSPS) is 10.8. The van der Waals surface area contributed by atoms with Crippen LogP contribution in [0.2, 0.25) is 5.02 Å². The molecule has 3 rings (SSSR count). The quantitative estimate of drug-likeness (QED) is 0.429. The number of hydrogen-bond donors (Lipinski definition) is 0. The number of carbonyl (C=O) groups excluding carboxylic acids is 1. The third kappa shape index (κ3) is 5.74. The maximum absolute atomic E-state index is 12.5. The molecule has 1 aromatic heterocycles. The van der Waals surface area contributed by atoms with Gasteiger partial charge in [-0.15, -0.1) is 10.2 Å². The Bertz CT molecular complexity index is 998. The maximum Gasteiger partial charge on any atom is 0.233 e. The summed E-state index contributed by atoms with van der Waals surface area (Å²) in [7, 11) is 3.64. The molecule has 0 bridgehead atoms. The van der Waals surface area contributed by atoms with Crippen molar-refractivity contribution in [3.63, 3.8) is 0 Å². The summed E-state index contributed by atoms with van der Waals surface area (Å²) in [4.78, 5) is 14.2. The van der Waals surface area contributed by atoms with E-state index in [4.69, 9.17) is 16.3 Å². The van der Waals surface area contributed by atoms with Gasteiger partial charge in [0, 0.05) is 25.1 Å². The van der Waals surface area contributed by atoms with Gasteiger partial charge in [0.2, 0.25) is 5.91 Å². The summed E-state index contributed by atoms with van der Waals surface area (Å²) in [5, 5.41) is 9.52. The smallest absolute Gasteiger partial charge is 0.233 e. The standard InChI is InChI=1S/C20H20BrClN4O2S/c1-25(11-14-7-3-4-8-15(14)21)19(27)13-29-20-24-23-18(26(20)2)12-28-17-10-6-5-9-16(17)22/h3-10H,11-13H2,1-2H3. The molecule has 0 unspecified atom stereocenters. The first kappa shape index (κ1) is 21.7. The Kier molecular flexibility index (Phi) is 7.57. The minimum Gasteiger partial charge on any atom is -0.484 e. The highest BCUT2D eigenvalue weighted by atomic mass is 79.9. The molecule has 0 aliphatic carbocycles. The number of thioether (sulfide) groups is 1. The van der Waals surface area contributed by atoms with Crippen LogP contribution in [0.25, 0.3) is 0 Å². The van der Waals surface area contributed by atoms with Gasteiger partial charge in [0.15, 0.2) is 11.0 Å². The molecule has 0 saturated carbocycles. The van der Waals surface area contributed by atoms with E-state index in [0.29, 0.717) is 28.3 Å². The van der Waals surface area contributed by atoms with Crippen LogP contribution >= 0.6 is 39.3 Å². The van der Waals surface area contributed by atoms with E-state index in [9.17, 15) is 4.79 Å². The van der Waals surface area contributed by atoms with Crippen LogP contribution in [0.4, 0.5) is 0 Å². The fourth-order valence-electron chi connectivity index (χ4n) is 2.51. The SMILES string of the molecule is CN(Cc1ccccc1Br)C(=O)CSc1nnc(COc2ccccc2Cl)n1C. The lowest BCUT2D eigenvalue weighted by Crippen LogP contribution is -2.28. The van der Waals surface area contributed by atoms with Crippen LogP contribution in [0.15, 0.2) is 58.2 Å². The molecule has 9 heteroatoms. The molecule has 0 spiro atoms. The number of para-hydroxylation sites is 1. The lowest BCUT2D eigenvalue weighted by molar-refractivity contribution is -0.127. The summed E-state index contributed by atoms with van der Waals surface area (Å²) in [5.41, 5.74) is 1.06. The Balaban J connectivity index is 1.53. The van der Waals surface area contributed by atoms with Gasteiger partial charge in [0.05, 0.1) is 10.8 Å². The van der Waals surface area contributed by atoms with Crippen molar-refractivity contribution in [3.8, 4) is 5.75 Å². The van der Waals surface area contributed by atoms with E-state index in [0.717, 1.165) is 10.0 Å². The average Bonchev–Trinajstić information content (AvgIpc) is 3.06. The number of rotatable bonds is 8. The van der Waals surface area contributed by atoms with Crippen molar-refractivity contribution in [2.45, 2.75) is 18.3 Å². The van der Waals surface area contributed by atoms with Gasteiger partial charge in [-0.2, -0.15) is 0 Å². The van der Waals surface area contributed by atoms with Crippen molar-refractivity contribution >= 4 is 45.2 Å². The zero-order valence-electron chi connectivity index (χ0n) is 16.0. The molecule has 6 nitrogen and oxygen atoms in total. The van der Waals surface area contributed by atoms with Gasteiger partial charge in [-0.05, 0) is 23.8 Å². The monoisotopic (exact) mass is 494 g/mol. The summed E-state index contributed by atoms with van der Waals surface area (Å²) < 4.78 is 8.53. The van der Waals surface area contributed by atoms with Gasteiger partial charge in [-0.1, -0.05) is 69.6 Å². The largest absolute Gasteiger partial charge is 0.484 e. The molecule has 0 fully saturated rings. The van der Waals surface area contributed by atoms with Crippen LogP contribution < -0.4 is 4.74 Å². The molecule has 1 heterocycles. The highest BCUT2D eigenvalue weighted by Gasteiger charge is 2.15. The second-order valence-corrected chi connectivity index (χ2v) is 8.51. The first-order chi connectivity index (χ1) is 14.0. The van der Waals surface area contributed by atoms with E-state index >= 15 is 0 Å². The third-order valence-electron chi connectivity index (χ3n) is 4.23. The minimum atomic E-state index is 0.0163. The molecule has 0 saturated heterocycles. The summed E-state index contributed by atoms with van der Waals surface area (Å²) in [6.07, 6.45) is 0. The number of ether oxygens (including phenoxy) is 1. The number of amides is 1. The number of nitrogens with zero attached hydrogens (tertiary/aromatic N) is 4. The van der Waals surface area contributed by atoms with Gasteiger partial charge in [0.1, 0.15) is 12.4 Å². The fourth-order valence-corrected chi connectivity index (χ4v) is 3.98. The third-order valence-corrected chi connectivity index (χ3v) is 6.33. The summed E-state index contributed by atoms with van der Waals surface area (Å²) in [5.74, 6) is 1.54. The summed E-state index contributed by atoms with van der Waals surface area (Å²) >= 11 is 11.0. The summed E-state index contributed by atoms with van der Waals surface area (Å²) in [6, 6.07) is 15.1. The van der Waals surface area contributed by atoms with Crippen LogP contribution in [0.5, 0.6) is 5.75 Å². The molecule has 0 aliphatic heterocycles. The van der Waals surface area contributed by atoms with Gasteiger partial charge in [-0.25, -0.2) is 0 Å². The Morgan fingerprint density at radius 1 is 1.21 bits per heavy atom. The van der Waals surface area contributed by atoms with Crippen molar-refractivity contribution < 1.29 is 9.53 Å². The molecule has 3 aromatic rings. The highest BCUT2D eigenvalue weighted by molar-refractivity contribution is 9.10. The molecule has 0 atom stereocenters. The zero-order valence-corrected chi connectivity index (χ0v) is 19.2. The second kappa shape index (κ2) is 10.1. The number of halogens is 2. The van der Waals surface area contributed by atoms with Crippen LogP contribution in [0.3, 0.4) is 0 Å². The molecule has 0 radical (unpaired) electrons. The van der Waals surface area contributed by atoms with Crippen LogP contribution in [-0.4, -0.2) is 38.4 Å². The van der Waals surface area contributed by atoms with Crippen LogP contribution in [-0.2, 0) is 25.0 Å². The molecule has 0 aliphatic rings. The van der Waals surface area contributed by atoms with E-state index in [1.165, 1.54) is 11.8 Å². The minimum absolute atomic E-state index is 0.0163. The van der Waals surface area contributed by atoms with Crippen molar-refractivity contribution in [1.82, 2.24) is 19.7 Å². The van der Waals surface area contributed by atoms with E-state index in [2.05, 4.69) is 26.1 Å². The number of benzene rings is 2. The predicted molar refractivity (Wildman–Crippen MR) is 118 cm³/mol. The van der Waals surface area contributed by atoms with Gasteiger partial charge < -0.3 is 14.2 Å².